The van der Waals surface area contributed by atoms with Crippen LogP contribution < -0.4 is 15.4 Å². The second kappa shape index (κ2) is 12.6. The first-order valence-electron chi connectivity index (χ1n) is 13.6. The molecule has 3 N–H and O–H groups in total. The van der Waals surface area contributed by atoms with Gasteiger partial charge < -0.3 is 15.5 Å². The van der Waals surface area contributed by atoms with E-state index < -0.39 is 27.5 Å². The lowest BCUT2D eigenvalue weighted by Gasteiger charge is -2.39. The number of nitriles is 1. The van der Waals surface area contributed by atoms with Crippen molar-refractivity contribution in [2.75, 3.05) is 24.1 Å². The molecule has 0 spiro atoms. The van der Waals surface area contributed by atoms with Crippen molar-refractivity contribution in [1.29, 1.82) is 5.26 Å². The molecular weight excluding hydrogens is 514 g/mol. The van der Waals surface area contributed by atoms with Crippen molar-refractivity contribution in [3.63, 3.8) is 0 Å². The molecule has 1 saturated heterocycles. The Balaban J connectivity index is 1.61. The molecule has 2 aliphatic rings. The van der Waals surface area contributed by atoms with Crippen molar-refractivity contribution in [1.82, 2.24) is 15.5 Å². The monoisotopic (exact) mass is 551 g/mol. The molecule has 0 bridgehead atoms. The fourth-order valence-corrected chi connectivity index (χ4v) is 6.15. The van der Waals surface area contributed by atoms with Gasteiger partial charge in [0.1, 0.15) is 11.6 Å². The molecule has 2 fully saturated rings. The van der Waals surface area contributed by atoms with Crippen LogP contribution in [0.4, 0.5) is 5.69 Å². The highest BCUT2D eigenvalue weighted by atomic mass is 32.2. The third kappa shape index (κ3) is 7.58. The zero-order chi connectivity index (χ0) is 27.9. The highest BCUT2D eigenvalue weighted by Crippen LogP contribution is 2.31. The van der Waals surface area contributed by atoms with Crippen molar-refractivity contribution < 1.29 is 18.0 Å². The van der Waals surface area contributed by atoms with E-state index in [2.05, 4.69) is 21.4 Å². The molecule has 2 aromatic carbocycles. The third-order valence-electron chi connectivity index (χ3n) is 7.65. The Hall–Kier alpha value is -3.42. The van der Waals surface area contributed by atoms with Crippen molar-refractivity contribution in [2.45, 2.75) is 63.1 Å². The summed E-state index contributed by atoms with van der Waals surface area (Å²) in [4.78, 5) is 29.3. The zero-order valence-electron chi connectivity index (χ0n) is 22.4. The van der Waals surface area contributed by atoms with Gasteiger partial charge in [0.25, 0.3) is 5.91 Å². The van der Waals surface area contributed by atoms with E-state index in [4.69, 9.17) is 0 Å². The number of hydrogen-bond acceptors (Lipinski definition) is 6. The number of hydrogen-bond donors (Lipinski definition) is 3. The van der Waals surface area contributed by atoms with Crippen LogP contribution in [0, 0.1) is 17.2 Å². The van der Waals surface area contributed by atoms with Gasteiger partial charge in [-0.2, -0.15) is 5.26 Å². The Morgan fingerprint density at radius 2 is 1.79 bits per heavy atom. The quantitative estimate of drug-likeness (QED) is 0.415. The molecule has 4 rings (SSSR count). The van der Waals surface area contributed by atoms with Gasteiger partial charge in [-0.25, -0.2) is 8.42 Å². The van der Waals surface area contributed by atoms with E-state index in [1.165, 1.54) is 30.7 Å². The summed E-state index contributed by atoms with van der Waals surface area (Å²) in [5.41, 5.74) is 0.593. The molecule has 208 valence electrons. The van der Waals surface area contributed by atoms with Crippen LogP contribution in [0.3, 0.4) is 0 Å². The molecule has 2 atom stereocenters. The van der Waals surface area contributed by atoms with Gasteiger partial charge in [-0.3, -0.25) is 14.3 Å². The normalized spacial score (nSPS) is 20.5. The van der Waals surface area contributed by atoms with Crippen LogP contribution in [0.15, 0.2) is 54.6 Å². The van der Waals surface area contributed by atoms with E-state index in [9.17, 15) is 23.3 Å². The minimum absolute atomic E-state index is 0.251. The standard InChI is InChI=1S/C29H37N5O4S/c1-39(37,38)33-25-14-12-24(13-15-25)27(35)32-26(18-22-8-4-2-5-9-22)28(36)34(19-23-10-6-3-7-11-23)29(20-30)16-17-31-21-29/h3,6-7,10-15,22,26,31,33H,2,4-5,8-9,16-19,21H2,1H3,(H,32,35). The van der Waals surface area contributed by atoms with Crippen molar-refractivity contribution in [3.05, 3.63) is 65.7 Å². The summed E-state index contributed by atoms with van der Waals surface area (Å²) in [5.74, 6) is -0.351. The third-order valence-corrected chi connectivity index (χ3v) is 8.26. The Morgan fingerprint density at radius 3 is 2.38 bits per heavy atom. The van der Waals surface area contributed by atoms with Crippen LogP contribution >= 0.6 is 0 Å². The van der Waals surface area contributed by atoms with Crippen LogP contribution in [0.1, 0.15) is 60.9 Å². The molecule has 10 heteroatoms. The number of rotatable bonds is 10. The van der Waals surface area contributed by atoms with Gasteiger partial charge in [0, 0.05) is 24.3 Å². The van der Waals surface area contributed by atoms with Crippen LogP contribution in [-0.4, -0.2) is 56.1 Å². The van der Waals surface area contributed by atoms with Gasteiger partial charge in [-0.1, -0.05) is 62.4 Å². The highest BCUT2D eigenvalue weighted by molar-refractivity contribution is 7.92. The lowest BCUT2D eigenvalue weighted by atomic mass is 9.84. The number of nitrogens with one attached hydrogen (secondary N) is 3. The molecule has 2 aromatic rings. The first kappa shape index (κ1) is 28.6. The van der Waals surface area contributed by atoms with Crippen molar-refractivity contribution in [3.8, 4) is 6.07 Å². The predicted octanol–water partition coefficient (Wildman–Crippen LogP) is 3.41. The fourth-order valence-electron chi connectivity index (χ4n) is 5.58. The average Bonchev–Trinajstić information content (AvgIpc) is 3.42. The van der Waals surface area contributed by atoms with E-state index in [-0.39, 0.29) is 12.5 Å². The van der Waals surface area contributed by atoms with E-state index in [1.807, 2.05) is 30.3 Å². The Kier molecular flexibility index (Phi) is 9.25. The number of benzene rings is 2. The first-order valence-corrected chi connectivity index (χ1v) is 15.4. The van der Waals surface area contributed by atoms with E-state index >= 15 is 0 Å². The van der Waals surface area contributed by atoms with Crippen LogP contribution in [-0.2, 0) is 21.4 Å². The molecular formula is C29H37N5O4S. The second-order valence-electron chi connectivity index (χ2n) is 10.7. The summed E-state index contributed by atoms with van der Waals surface area (Å²) in [7, 11) is -3.44. The Morgan fingerprint density at radius 1 is 1.10 bits per heavy atom. The van der Waals surface area contributed by atoms with Gasteiger partial charge in [0.05, 0.1) is 12.3 Å². The number of carbonyl (C=O) groups is 2. The Labute approximate surface area is 231 Å². The summed E-state index contributed by atoms with van der Waals surface area (Å²) in [6.45, 7) is 1.29. The first-order chi connectivity index (χ1) is 18.7. The minimum atomic E-state index is -3.44. The summed E-state index contributed by atoms with van der Waals surface area (Å²) in [6, 6.07) is 17.3. The van der Waals surface area contributed by atoms with Gasteiger partial charge in [0.2, 0.25) is 15.9 Å². The highest BCUT2D eigenvalue weighted by Gasteiger charge is 2.45. The van der Waals surface area contributed by atoms with E-state index in [0.29, 0.717) is 43.1 Å². The molecule has 1 heterocycles. The van der Waals surface area contributed by atoms with Gasteiger partial charge in [0.15, 0.2) is 0 Å². The maximum atomic E-state index is 14.3. The lowest BCUT2D eigenvalue weighted by molar-refractivity contribution is -0.138. The maximum Gasteiger partial charge on any atom is 0.251 e. The Bertz CT molecular complexity index is 1280. The molecule has 0 aromatic heterocycles. The predicted molar refractivity (Wildman–Crippen MR) is 150 cm³/mol. The molecule has 2 unspecified atom stereocenters. The van der Waals surface area contributed by atoms with Crippen molar-refractivity contribution >= 4 is 27.5 Å². The molecule has 1 aliphatic carbocycles. The number of amides is 2. The van der Waals surface area contributed by atoms with Crippen LogP contribution in [0.25, 0.3) is 0 Å². The topological polar surface area (TPSA) is 131 Å². The number of sulfonamides is 1. The smallest absolute Gasteiger partial charge is 0.251 e. The molecule has 2 amide bonds. The molecule has 0 radical (unpaired) electrons. The number of nitrogens with zero attached hydrogens (tertiary/aromatic N) is 2. The summed E-state index contributed by atoms with van der Waals surface area (Å²) in [6.07, 6.45) is 7.49. The zero-order valence-corrected chi connectivity index (χ0v) is 23.2. The summed E-state index contributed by atoms with van der Waals surface area (Å²) >= 11 is 0. The van der Waals surface area contributed by atoms with E-state index in [1.54, 1.807) is 4.90 Å². The molecule has 39 heavy (non-hydrogen) atoms. The second-order valence-corrected chi connectivity index (χ2v) is 12.4. The van der Waals surface area contributed by atoms with Gasteiger partial charge in [-0.05, 0) is 55.1 Å². The maximum absolute atomic E-state index is 14.3. The largest absolute Gasteiger partial charge is 0.340 e. The van der Waals surface area contributed by atoms with Gasteiger partial charge in [-0.15, -0.1) is 0 Å². The van der Waals surface area contributed by atoms with Gasteiger partial charge >= 0.3 is 0 Å². The number of carbonyl (C=O) groups excluding carboxylic acids is 2. The van der Waals surface area contributed by atoms with Crippen LogP contribution in [0.2, 0.25) is 0 Å². The van der Waals surface area contributed by atoms with Crippen molar-refractivity contribution in [2.24, 2.45) is 5.92 Å². The summed E-state index contributed by atoms with van der Waals surface area (Å²) in [5, 5.41) is 16.5. The summed E-state index contributed by atoms with van der Waals surface area (Å²) < 4.78 is 25.4. The average molecular weight is 552 g/mol. The SMILES string of the molecule is CS(=O)(=O)Nc1ccc(C(=O)NC(CC2CCCCC2)C(=O)N(Cc2ccccc2)C2(C#N)CCNC2)cc1. The molecule has 1 aliphatic heterocycles. The minimum Gasteiger partial charge on any atom is -0.340 e. The molecule has 9 nitrogen and oxygen atoms in total. The number of anilines is 1. The van der Waals surface area contributed by atoms with Crippen LogP contribution in [0.5, 0.6) is 0 Å². The molecule has 1 saturated carbocycles. The van der Waals surface area contributed by atoms with E-state index in [0.717, 1.165) is 37.5 Å². The fraction of sp³-hybridized carbons (Fsp3) is 0.483. The lowest BCUT2D eigenvalue weighted by Crippen LogP contribution is -2.58.